The Balaban J connectivity index is 1.62. The molecule has 0 radical (unpaired) electrons. The average molecular weight is 419 g/mol. The van der Waals surface area contributed by atoms with Crippen LogP contribution in [0, 0.1) is 6.92 Å². The third-order valence-electron chi connectivity index (χ3n) is 4.69. The second-order valence-corrected chi connectivity index (χ2v) is 7.91. The lowest BCUT2D eigenvalue weighted by atomic mass is 10.2. The minimum absolute atomic E-state index is 0.118. The molecule has 5 nitrogen and oxygen atoms in total. The number of thioether (sulfide) groups is 1. The molecule has 4 aromatic rings. The molecule has 1 heterocycles. The molecular formula is C24H22N2O3S. The van der Waals surface area contributed by atoms with Gasteiger partial charge in [0.05, 0.1) is 22.7 Å². The summed E-state index contributed by atoms with van der Waals surface area (Å²) in [6.45, 7) is 2.13. The van der Waals surface area contributed by atoms with Gasteiger partial charge in [-0.3, -0.25) is 9.36 Å². The predicted octanol–water partition coefficient (Wildman–Crippen LogP) is 4.23. The van der Waals surface area contributed by atoms with E-state index in [2.05, 4.69) is 0 Å². The van der Waals surface area contributed by atoms with Crippen LogP contribution in [0.4, 0.5) is 0 Å². The van der Waals surface area contributed by atoms with Gasteiger partial charge in [-0.2, -0.15) is 0 Å². The van der Waals surface area contributed by atoms with Crippen molar-refractivity contribution >= 4 is 22.7 Å². The molecule has 0 amide bonds. The molecule has 0 aliphatic heterocycles. The Morgan fingerprint density at radius 3 is 2.50 bits per heavy atom. The third kappa shape index (κ3) is 4.40. The number of hydrogen-bond acceptors (Lipinski definition) is 5. The second-order valence-electron chi connectivity index (χ2n) is 6.93. The van der Waals surface area contributed by atoms with E-state index in [1.807, 2.05) is 79.7 Å². The maximum atomic E-state index is 13.3. The highest BCUT2D eigenvalue weighted by Gasteiger charge is 2.16. The van der Waals surface area contributed by atoms with Gasteiger partial charge in [-0.15, -0.1) is 0 Å². The summed E-state index contributed by atoms with van der Waals surface area (Å²) in [5.41, 5.74) is 2.29. The fourth-order valence-electron chi connectivity index (χ4n) is 3.16. The van der Waals surface area contributed by atoms with E-state index in [1.165, 1.54) is 11.8 Å². The number of aryl methyl sites for hydroxylation is 1. The highest BCUT2D eigenvalue weighted by Crippen LogP contribution is 2.24. The summed E-state index contributed by atoms with van der Waals surface area (Å²) in [5.74, 6) is 1.06. The number of ether oxygens (including phenoxy) is 1. The molecule has 0 saturated carbocycles. The van der Waals surface area contributed by atoms with E-state index >= 15 is 0 Å². The fraction of sp³-hybridized carbons (Fsp3) is 0.167. The average Bonchev–Trinajstić information content (AvgIpc) is 2.78. The molecule has 0 aliphatic carbocycles. The smallest absolute Gasteiger partial charge is 0.266 e. The molecule has 3 aromatic carbocycles. The first-order valence-corrected chi connectivity index (χ1v) is 10.7. The molecule has 6 heteroatoms. The molecule has 0 aliphatic rings. The van der Waals surface area contributed by atoms with Crippen molar-refractivity contribution in [3.63, 3.8) is 0 Å². The van der Waals surface area contributed by atoms with Crippen molar-refractivity contribution in [3.8, 4) is 11.4 Å². The second kappa shape index (κ2) is 9.15. The number of para-hydroxylation sites is 3. The van der Waals surface area contributed by atoms with E-state index in [1.54, 1.807) is 10.6 Å². The molecule has 30 heavy (non-hydrogen) atoms. The van der Waals surface area contributed by atoms with Crippen molar-refractivity contribution in [2.24, 2.45) is 0 Å². The molecule has 1 aromatic heterocycles. The summed E-state index contributed by atoms with van der Waals surface area (Å²) >= 11 is 1.34. The first-order chi connectivity index (χ1) is 14.6. The molecule has 0 unspecified atom stereocenters. The highest BCUT2D eigenvalue weighted by atomic mass is 32.2. The Kier molecular flexibility index (Phi) is 6.16. The van der Waals surface area contributed by atoms with E-state index in [-0.39, 0.29) is 12.2 Å². The topological polar surface area (TPSA) is 64.3 Å². The molecule has 0 spiro atoms. The van der Waals surface area contributed by atoms with Crippen molar-refractivity contribution in [1.29, 1.82) is 0 Å². The zero-order valence-corrected chi connectivity index (χ0v) is 17.4. The quantitative estimate of drug-likeness (QED) is 0.360. The molecule has 0 bridgehead atoms. The van der Waals surface area contributed by atoms with Gasteiger partial charge < -0.3 is 9.84 Å². The van der Waals surface area contributed by atoms with Crippen LogP contribution >= 0.6 is 11.8 Å². The number of aromatic nitrogens is 2. The molecule has 1 atom stereocenters. The lowest BCUT2D eigenvalue weighted by Crippen LogP contribution is -2.24. The molecule has 4 rings (SSSR count). The van der Waals surface area contributed by atoms with Gasteiger partial charge in [0, 0.05) is 5.75 Å². The number of aliphatic hydroxyl groups is 1. The van der Waals surface area contributed by atoms with Gasteiger partial charge in [-0.25, -0.2) is 4.98 Å². The summed E-state index contributed by atoms with van der Waals surface area (Å²) in [6.07, 6.45) is -0.705. The first kappa shape index (κ1) is 20.2. The molecule has 0 saturated heterocycles. The Morgan fingerprint density at radius 1 is 1.00 bits per heavy atom. The zero-order valence-electron chi connectivity index (χ0n) is 16.6. The van der Waals surface area contributed by atoms with Gasteiger partial charge in [0.2, 0.25) is 0 Å². The normalized spacial score (nSPS) is 12.1. The fourth-order valence-corrected chi connectivity index (χ4v) is 4.07. The van der Waals surface area contributed by atoms with Crippen LogP contribution < -0.4 is 10.3 Å². The van der Waals surface area contributed by atoms with E-state index < -0.39 is 6.10 Å². The lowest BCUT2D eigenvalue weighted by Gasteiger charge is -2.16. The summed E-state index contributed by atoms with van der Waals surface area (Å²) in [4.78, 5) is 18.0. The summed E-state index contributed by atoms with van der Waals surface area (Å²) in [6, 6.07) is 24.4. The van der Waals surface area contributed by atoms with E-state index in [0.29, 0.717) is 27.6 Å². The zero-order chi connectivity index (χ0) is 20.9. The van der Waals surface area contributed by atoms with Gasteiger partial charge in [0.1, 0.15) is 12.4 Å². The minimum atomic E-state index is -0.705. The predicted molar refractivity (Wildman–Crippen MR) is 121 cm³/mol. The first-order valence-electron chi connectivity index (χ1n) is 9.70. The number of benzene rings is 3. The van der Waals surface area contributed by atoms with Crippen molar-refractivity contribution in [1.82, 2.24) is 9.55 Å². The van der Waals surface area contributed by atoms with Gasteiger partial charge in [0.25, 0.3) is 5.56 Å². The van der Waals surface area contributed by atoms with Crippen LogP contribution in [-0.2, 0) is 0 Å². The molecular weight excluding hydrogens is 396 g/mol. The SMILES string of the molecule is Cc1ccccc1-n1c(SC[C@@H](O)COc2ccccc2)nc2ccccc2c1=O. The number of nitrogens with zero attached hydrogens (tertiary/aromatic N) is 2. The van der Waals surface area contributed by atoms with Gasteiger partial charge >= 0.3 is 0 Å². The number of rotatable bonds is 7. The summed E-state index contributed by atoms with van der Waals surface area (Å²) in [7, 11) is 0. The maximum absolute atomic E-state index is 13.3. The van der Waals surface area contributed by atoms with Crippen molar-refractivity contribution < 1.29 is 9.84 Å². The van der Waals surface area contributed by atoms with E-state index in [0.717, 1.165) is 11.3 Å². The van der Waals surface area contributed by atoms with E-state index in [9.17, 15) is 9.90 Å². The summed E-state index contributed by atoms with van der Waals surface area (Å²) < 4.78 is 7.26. The monoisotopic (exact) mass is 418 g/mol. The van der Waals surface area contributed by atoms with Crippen molar-refractivity contribution in [2.45, 2.75) is 18.2 Å². The van der Waals surface area contributed by atoms with Crippen LogP contribution in [0.15, 0.2) is 88.8 Å². The molecule has 1 N–H and O–H groups in total. The largest absolute Gasteiger partial charge is 0.491 e. The van der Waals surface area contributed by atoms with E-state index in [4.69, 9.17) is 9.72 Å². The lowest BCUT2D eigenvalue weighted by molar-refractivity contribution is 0.126. The number of hydrogen-bond donors (Lipinski definition) is 1. The number of fused-ring (bicyclic) bond motifs is 1. The van der Waals surface area contributed by atoms with Crippen LogP contribution in [-0.4, -0.2) is 33.1 Å². The van der Waals surface area contributed by atoms with Gasteiger partial charge in [0.15, 0.2) is 5.16 Å². The van der Waals surface area contributed by atoms with Crippen LogP contribution in [0.25, 0.3) is 16.6 Å². The van der Waals surface area contributed by atoms with Crippen LogP contribution in [0.2, 0.25) is 0 Å². The third-order valence-corrected chi connectivity index (χ3v) is 5.78. The Labute approximate surface area is 179 Å². The Bertz CT molecular complexity index is 1210. The maximum Gasteiger partial charge on any atom is 0.266 e. The number of aliphatic hydroxyl groups excluding tert-OH is 1. The van der Waals surface area contributed by atoms with Gasteiger partial charge in [-0.05, 0) is 42.8 Å². The highest BCUT2D eigenvalue weighted by molar-refractivity contribution is 7.99. The minimum Gasteiger partial charge on any atom is -0.491 e. The Hall–Kier alpha value is -3.09. The molecule has 152 valence electrons. The van der Waals surface area contributed by atoms with Crippen LogP contribution in [0.3, 0.4) is 0 Å². The van der Waals surface area contributed by atoms with Crippen LogP contribution in [0.5, 0.6) is 5.75 Å². The Morgan fingerprint density at radius 2 is 1.70 bits per heavy atom. The van der Waals surface area contributed by atoms with Gasteiger partial charge in [-0.1, -0.05) is 60.3 Å². The van der Waals surface area contributed by atoms with Crippen LogP contribution in [0.1, 0.15) is 5.56 Å². The summed E-state index contributed by atoms with van der Waals surface area (Å²) in [5, 5.41) is 11.5. The van der Waals surface area contributed by atoms with Crippen molar-refractivity contribution in [3.05, 3.63) is 94.8 Å². The molecule has 0 fully saturated rings. The standard InChI is InChI=1S/C24H22N2O3S/c1-17-9-5-8-14-22(17)26-23(28)20-12-6-7-13-21(20)25-24(26)30-16-18(27)15-29-19-10-3-2-4-11-19/h2-14,18,27H,15-16H2,1H3/t18-/m0/s1. The van der Waals surface area contributed by atoms with Crippen molar-refractivity contribution in [2.75, 3.05) is 12.4 Å².